The molecule has 3 rings (SSSR count). The molecule has 0 spiro atoms. The lowest BCUT2D eigenvalue weighted by Crippen LogP contribution is -2.36. The number of likely N-dealkylation sites (tertiary alicyclic amines) is 1. The van der Waals surface area contributed by atoms with Gasteiger partial charge < -0.3 is 4.90 Å². The van der Waals surface area contributed by atoms with Gasteiger partial charge in [0, 0.05) is 31.5 Å². The Kier molecular flexibility index (Phi) is 4.85. The number of hydrogen-bond donors (Lipinski definition) is 0. The number of halogens is 1. The summed E-state index contributed by atoms with van der Waals surface area (Å²) in [4.78, 5) is 24.9. The van der Waals surface area contributed by atoms with E-state index in [-0.39, 0.29) is 17.5 Å². The number of carbonyl (C=O) groups is 1. The summed E-state index contributed by atoms with van der Waals surface area (Å²) in [5.41, 5.74) is 0.959. The van der Waals surface area contributed by atoms with E-state index in [2.05, 4.69) is 14.9 Å². The number of carbonyl (C=O) groups excluding carboxylic acids is 1. The summed E-state index contributed by atoms with van der Waals surface area (Å²) < 4.78 is 14.0. The topological polar surface area (TPSA) is 49.3 Å². The molecular formula is C18H21FN4O. The molecule has 5 nitrogen and oxygen atoms in total. The van der Waals surface area contributed by atoms with Crippen LogP contribution in [-0.2, 0) is 6.54 Å². The summed E-state index contributed by atoms with van der Waals surface area (Å²) in [6.45, 7) is 3.67. The Morgan fingerprint density at radius 1 is 1.38 bits per heavy atom. The molecule has 1 aromatic heterocycles. The zero-order valence-electron chi connectivity index (χ0n) is 13.9. The number of benzene rings is 1. The van der Waals surface area contributed by atoms with E-state index >= 15 is 0 Å². The van der Waals surface area contributed by atoms with Gasteiger partial charge in [-0.2, -0.15) is 0 Å². The maximum atomic E-state index is 14.0. The van der Waals surface area contributed by atoms with Crippen LogP contribution >= 0.6 is 0 Å². The van der Waals surface area contributed by atoms with Gasteiger partial charge in [0.1, 0.15) is 11.6 Å². The highest BCUT2D eigenvalue weighted by molar-refractivity contribution is 5.94. The van der Waals surface area contributed by atoms with Gasteiger partial charge >= 0.3 is 0 Å². The van der Waals surface area contributed by atoms with E-state index in [0.717, 1.165) is 17.8 Å². The molecule has 1 fully saturated rings. The van der Waals surface area contributed by atoms with E-state index in [1.165, 1.54) is 6.07 Å². The van der Waals surface area contributed by atoms with Crippen LogP contribution in [0.15, 0.2) is 36.7 Å². The lowest BCUT2D eigenvalue weighted by atomic mass is 10.1. The van der Waals surface area contributed by atoms with Gasteiger partial charge in [0.05, 0.1) is 12.1 Å². The molecule has 1 aromatic carbocycles. The lowest BCUT2D eigenvalue weighted by Gasteiger charge is -2.24. The Labute approximate surface area is 141 Å². The third-order valence-electron chi connectivity index (χ3n) is 4.44. The Morgan fingerprint density at radius 3 is 2.83 bits per heavy atom. The molecule has 1 aliphatic rings. The second-order valence-electron chi connectivity index (χ2n) is 6.26. The quantitative estimate of drug-likeness (QED) is 0.864. The second-order valence-corrected chi connectivity index (χ2v) is 6.26. The number of aromatic nitrogens is 2. The van der Waals surface area contributed by atoms with Crippen molar-refractivity contribution in [2.75, 3.05) is 20.1 Å². The summed E-state index contributed by atoms with van der Waals surface area (Å²) in [6.07, 6.45) is 4.31. The zero-order valence-corrected chi connectivity index (χ0v) is 13.9. The highest BCUT2D eigenvalue weighted by atomic mass is 19.1. The van der Waals surface area contributed by atoms with E-state index in [9.17, 15) is 9.18 Å². The van der Waals surface area contributed by atoms with Crippen LogP contribution in [0.5, 0.6) is 0 Å². The molecule has 1 saturated heterocycles. The average Bonchev–Trinajstić information content (AvgIpc) is 3.05. The normalized spacial score (nSPS) is 17.5. The Hall–Kier alpha value is -2.34. The number of amides is 1. The van der Waals surface area contributed by atoms with Crippen molar-refractivity contribution in [1.82, 2.24) is 19.8 Å². The maximum absolute atomic E-state index is 14.0. The molecule has 2 heterocycles. The summed E-state index contributed by atoms with van der Waals surface area (Å²) in [5, 5.41) is 0. The molecule has 2 aromatic rings. The van der Waals surface area contributed by atoms with E-state index in [1.54, 1.807) is 35.5 Å². The monoisotopic (exact) mass is 328 g/mol. The van der Waals surface area contributed by atoms with E-state index < -0.39 is 5.82 Å². The largest absolute Gasteiger partial charge is 0.337 e. The highest BCUT2D eigenvalue weighted by Gasteiger charge is 2.30. The van der Waals surface area contributed by atoms with Crippen molar-refractivity contribution in [3.63, 3.8) is 0 Å². The Bertz CT molecular complexity index is 722. The van der Waals surface area contributed by atoms with Gasteiger partial charge in [0.25, 0.3) is 5.91 Å². The predicted molar refractivity (Wildman–Crippen MR) is 88.9 cm³/mol. The van der Waals surface area contributed by atoms with Gasteiger partial charge in [-0.05, 0) is 44.2 Å². The minimum atomic E-state index is -0.450. The van der Waals surface area contributed by atoms with Crippen molar-refractivity contribution >= 4 is 5.91 Å². The van der Waals surface area contributed by atoms with Crippen molar-refractivity contribution in [2.45, 2.75) is 25.9 Å². The van der Waals surface area contributed by atoms with Crippen LogP contribution < -0.4 is 0 Å². The van der Waals surface area contributed by atoms with Crippen molar-refractivity contribution in [2.24, 2.45) is 0 Å². The van der Waals surface area contributed by atoms with Crippen LogP contribution in [0, 0.1) is 12.7 Å². The summed E-state index contributed by atoms with van der Waals surface area (Å²) in [7, 11) is 2.00. The number of aryl methyl sites for hydroxylation is 1. The van der Waals surface area contributed by atoms with Crippen LogP contribution in [0.2, 0.25) is 0 Å². The van der Waals surface area contributed by atoms with Crippen molar-refractivity contribution in [1.29, 1.82) is 0 Å². The van der Waals surface area contributed by atoms with Crippen molar-refractivity contribution in [3.05, 3.63) is 59.4 Å². The zero-order chi connectivity index (χ0) is 17.1. The smallest absolute Gasteiger partial charge is 0.256 e. The summed E-state index contributed by atoms with van der Waals surface area (Å²) in [6, 6.07) is 6.76. The van der Waals surface area contributed by atoms with Crippen LogP contribution in [-0.4, -0.2) is 51.9 Å². The van der Waals surface area contributed by atoms with Crippen molar-refractivity contribution < 1.29 is 9.18 Å². The first-order chi connectivity index (χ1) is 11.5. The lowest BCUT2D eigenvalue weighted by molar-refractivity contribution is 0.0774. The molecule has 0 radical (unpaired) electrons. The van der Waals surface area contributed by atoms with Gasteiger partial charge in [-0.15, -0.1) is 0 Å². The number of nitrogens with zero attached hydrogens (tertiary/aromatic N) is 4. The summed E-state index contributed by atoms with van der Waals surface area (Å²) in [5.74, 6) is 0.0724. The molecule has 0 N–H and O–H groups in total. The van der Waals surface area contributed by atoms with Crippen LogP contribution in [0.4, 0.5) is 4.39 Å². The second kappa shape index (κ2) is 7.05. The third-order valence-corrected chi connectivity index (χ3v) is 4.44. The molecule has 1 amide bonds. The number of hydrogen-bond acceptors (Lipinski definition) is 4. The summed E-state index contributed by atoms with van der Waals surface area (Å²) >= 11 is 0. The van der Waals surface area contributed by atoms with Gasteiger partial charge in [-0.3, -0.25) is 9.69 Å². The molecule has 0 saturated carbocycles. The molecule has 0 aliphatic carbocycles. The Balaban J connectivity index is 1.63. The highest BCUT2D eigenvalue weighted by Crippen LogP contribution is 2.20. The minimum Gasteiger partial charge on any atom is -0.337 e. The van der Waals surface area contributed by atoms with E-state index in [4.69, 9.17) is 0 Å². The Morgan fingerprint density at radius 2 is 2.12 bits per heavy atom. The first-order valence-corrected chi connectivity index (χ1v) is 8.06. The molecule has 0 bridgehead atoms. The fourth-order valence-corrected chi connectivity index (χ4v) is 3.01. The first kappa shape index (κ1) is 16.5. The van der Waals surface area contributed by atoms with Gasteiger partial charge in [0.15, 0.2) is 0 Å². The molecule has 6 heteroatoms. The number of likely N-dealkylation sites (N-methyl/N-ethyl adjacent to an activating group) is 1. The molecule has 1 aliphatic heterocycles. The predicted octanol–water partition coefficient (Wildman–Crippen LogP) is 2.27. The van der Waals surface area contributed by atoms with Crippen LogP contribution in [0.3, 0.4) is 0 Å². The van der Waals surface area contributed by atoms with Crippen LogP contribution in [0.1, 0.15) is 28.2 Å². The van der Waals surface area contributed by atoms with Gasteiger partial charge in [-0.1, -0.05) is 6.07 Å². The fraction of sp³-hybridized carbons (Fsp3) is 0.389. The van der Waals surface area contributed by atoms with E-state index in [0.29, 0.717) is 19.6 Å². The minimum absolute atomic E-state index is 0.148. The standard InChI is InChI=1S/C18H21FN4O/c1-13-4-5-15(16(19)10-13)18(24)23-9-6-14(11-23)22(2)12-17-20-7-3-8-21-17/h3-5,7-8,10,14H,6,9,11-12H2,1-2H3/t14-/m0/s1. The SMILES string of the molecule is Cc1ccc(C(=O)N2CC[C@H](N(C)Cc3ncccn3)C2)c(F)c1. The molecule has 126 valence electrons. The fourth-order valence-electron chi connectivity index (χ4n) is 3.01. The van der Waals surface area contributed by atoms with Crippen LogP contribution in [0.25, 0.3) is 0 Å². The molecule has 24 heavy (non-hydrogen) atoms. The van der Waals surface area contributed by atoms with E-state index in [1.807, 2.05) is 14.0 Å². The third kappa shape index (κ3) is 3.59. The van der Waals surface area contributed by atoms with Gasteiger partial charge in [-0.25, -0.2) is 14.4 Å². The number of rotatable bonds is 4. The van der Waals surface area contributed by atoms with Crippen molar-refractivity contribution in [3.8, 4) is 0 Å². The first-order valence-electron chi connectivity index (χ1n) is 8.06. The van der Waals surface area contributed by atoms with Gasteiger partial charge in [0.2, 0.25) is 0 Å². The maximum Gasteiger partial charge on any atom is 0.256 e. The molecule has 1 atom stereocenters. The molecule has 0 unspecified atom stereocenters. The average molecular weight is 328 g/mol. The molecular weight excluding hydrogens is 307 g/mol.